The summed E-state index contributed by atoms with van der Waals surface area (Å²) in [7, 11) is 1.52. The van der Waals surface area contributed by atoms with Crippen molar-refractivity contribution < 1.29 is 19.2 Å². The standard InChI is InChI=1S/C18H20Cl2N2O5/c1-26-12-11-21(17(23)16(19)20)13-14-7-9-18(10-8-14,22(24)25)27-15-5-3-2-4-6-15/h2-9,16H,10-13H2,1H3. The van der Waals surface area contributed by atoms with Crippen molar-refractivity contribution >= 4 is 29.1 Å². The van der Waals surface area contributed by atoms with Gasteiger partial charge in [-0.3, -0.25) is 14.9 Å². The average Bonchev–Trinajstić information content (AvgIpc) is 2.66. The molecule has 1 aliphatic carbocycles. The molecule has 0 N–H and O–H groups in total. The van der Waals surface area contributed by atoms with Gasteiger partial charge < -0.3 is 14.4 Å². The van der Waals surface area contributed by atoms with Gasteiger partial charge >= 0.3 is 5.72 Å². The fraction of sp³-hybridized carbons (Fsp3) is 0.389. The molecule has 1 aromatic rings. The van der Waals surface area contributed by atoms with Crippen molar-refractivity contribution in [3.63, 3.8) is 0 Å². The minimum Gasteiger partial charge on any atom is -0.424 e. The third kappa shape index (κ3) is 5.69. The zero-order chi connectivity index (χ0) is 19.9. The minimum absolute atomic E-state index is 0.0260. The van der Waals surface area contributed by atoms with Crippen molar-refractivity contribution in [3.8, 4) is 5.75 Å². The maximum absolute atomic E-state index is 12.1. The number of carbonyl (C=O) groups excluding carboxylic acids is 1. The summed E-state index contributed by atoms with van der Waals surface area (Å²) in [5.74, 6) is -0.0453. The van der Waals surface area contributed by atoms with Crippen LogP contribution in [0.2, 0.25) is 0 Å². The summed E-state index contributed by atoms with van der Waals surface area (Å²) in [6.07, 6.45) is 4.68. The van der Waals surface area contributed by atoms with Gasteiger partial charge in [-0.15, -0.1) is 0 Å². The highest BCUT2D eigenvalue weighted by Crippen LogP contribution is 2.28. The van der Waals surface area contributed by atoms with E-state index in [0.717, 1.165) is 5.57 Å². The summed E-state index contributed by atoms with van der Waals surface area (Å²) in [6, 6.07) is 8.59. The van der Waals surface area contributed by atoms with Crippen LogP contribution in [0.5, 0.6) is 5.75 Å². The molecule has 0 aromatic heterocycles. The maximum atomic E-state index is 12.1. The summed E-state index contributed by atoms with van der Waals surface area (Å²) >= 11 is 11.4. The lowest BCUT2D eigenvalue weighted by Crippen LogP contribution is -2.44. The SMILES string of the molecule is COCCN(CC1=CCC(Oc2ccccc2)([N+](=O)[O-])C=C1)C(=O)C(Cl)Cl. The zero-order valence-electron chi connectivity index (χ0n) is 14.7. The van der Waals surface area contributed by atoms with Crippen LogP contribution in [0.4, 0.5) is 0 Å². The second-order valence-corrected chi connectivity index (χ2v) is 6.98. The third-order valence-electron chi connectivity index (χ3n) is 4.00. The lowest BCUT2D eigenvalue weighted by Gasteiger charge is -2.27. The molecule has 1 aromatic carbocycles. The Balaban J connectivity index is 2.11. The van der Waals surface area contributed by atoms with Crippen LogP contribution in [0, 0.1) is 10.1 Å². The number of hydrogen-bond donors (Lipinski definition) is 0. The monoisotopic (exact) mass is 414 g/mol. The van der Waals surface area contributed by atoms with Crippen LogP contribution < -0.4 is 4.74 Å². The van der Waals surface area contributed by atoms with E-state index in [1.165, 1.54) is 18.1 Å². The van der Waals surface area contributed by atoms with Crippen LogP contribution >= 0.6 is 23.2 Å². The van der Waals surface area contributed by atoms with Gasteiger partial charge in [0, 0.05) is 26.3 Å². The second-order valence-electron chi connectivity index (χ2n) is 5.89. The summed E-state index contributed by atoms with van der Waals surface area (Å²) in [5, 5.41) is 11.6. The van der Waals surface area contributed by atoms with Crippen LogP contribution in [-0.4, -0.2) is 53.1 Å². The van der Waals surface area contributed by atoms with Crippen LogP contribution in [0.15, 0.2) is 54.1 Å². The number of hydrogen-bond acceptors (Lipinski definition) is 5. The first-order chi connectivity index (χ1) is 12.9. The number of halogens is 2. The molecule has 0 bridgehead atoms. The van der Waals surface area contributed by atoms with Crippen molar-refractivity contribution in [1.29, 1.82) is 0 Å². The third-order valence-corrected chi connectivity index (χ3v) is 4.37. The molecule has 27 heavy (non-hydrogen) atoms. The van der Waals surface area contributed by atoms with E-state index in [-0.39, 0.29) is 13.0 Å². The highest BCUT2D eigenvalue weighted by Gasteiger charge is 2.43. The van der Waals surface area contributed by atoms with Gasteiger partial charge in [-0.2, -0.15) is 0 Å². The van der Waals surface area contributed by atoms with Crippen LogP contribution in [-0.2, 0) is 9.53 Å². The van der Waals surface area contributed by atoms with E-state index >= 15 is 0 Å². The molecule has 0 aliphatic heterocycles. The van der Waals surface area contributed by atoms with Gasteiger partial charge in [0.2, 0.25) is 0 Å². The normalized spacial score (nSPS) is 18.9. The van der Waals surface area contributed by atoms with E-state index in [2.05, 4.69) is 0 Å². The fourth-order valence-corrected chi connectivity index (χ4v) is 2.81. The Labute approximate surface area is 167 Å². The minimum atomic E-state index is -1.69. The summed E-state index contributed by atoms with van der Waals surface area (Å²) in [6.45, 7) is 0.838. The molecule has 0 radical (unpaired) electrons. The lowest BCUT2D eigenvalue weighted by atomic mass is 9.99. The van der Waals surface area contributed by atoms with E-state index in [1.54, 1.807) is 42.5 Å². The van der Waals surface area contributed by atoms with Gasteiger partial charge in [0.1, 0.15) is 5.75 Å². The molecule has 1 amide bonds. The van der Waals surface area contributed by atoms with Gasteiger partial charge in [0.15, 0.2) is 4.84 Å². The molecule has 9 heteroatoms. The van der Waals surface area contributed by atoms with E-state index in [9.17, 15) is 14.9 Å². The van der Waals surface area contributed by atoms with E-state index in [4.69, 9.17) is 32.7 Å². The first kappa shape index (κ1) is 21.2. The van der Waals surface area contributed by atoms with Gasteiger partial charge in [0.25, 0.3) is 5.91 Å². The Bertz CT molecular complexity index is 724. The van der Waals surface area contributed by atoms with E-state index in [1.807, 2.05) is 0 Å². The Morgan fingerprint density at radius 3 is 2.59 bits per heavy atom. The van der Waals surface area contributed by atoms with Gasteiger partial charge in [0.05, 0.1) is 18.0 Å². The van der Waals surface area contributed by atoms with Crippen molar-refractivity contribution in [2.24, 2.45) is 0 Å². The zero-order valence-corrected chi connectivity index (χ0v) is 16.2. The fourth-order valence-electron chi connectivity index (χ4n) is 2.54. The molecule has 0 spiro atoms. The van der Waals surface area contributed by atoms with Crippen molar-refractivity contribution in [3.05, 3.63) is 64.2 Å². The first-order valence-corrected chi connectivity index (χ1v) is 9.08. The Morgan fingerprint density at radius 1 is 1.37 bits per heavy atom. The van der Waals surface area contributed by atoms with Crippen molar-refractivity contribution in [1.82, 2.24) is 4.90 Å². The molecular formula is C18H20Cl2N2O5. The number of alkyl halides is 2. The smallest absolute Gasteiger partial charge is 0.386 e. The highest BCUT2D eigenvalue weighted by atomic mass is 35.5. The number of benzene rings is 1. The van der Waals surface area contributed by atoms with E-state index in [0.29, 0.717) is 18.9 Å². The summed E-state index contributed by atoms with van der Waals surface area (Å²) < 4.78 is 10.6. The predicted molar refractivity (Wildman–Crippen MR) is 103 cm³/mol. The second kappa shape index (κ2) is 9.73. The van der Waals surface area contributed by atoms with E-state index < -0.39 is 21.4 Å². The number of para-hydroxylation sites is 1. The maximum Gasteiger partial charge on any atom is 0.386 e. The number of rotatable bonds is 9. The first-order valence-electron chi connectivity index (χ1n) is 8.20. The van der Waals surface area contributed by atoms with Crippen LogP contribution in [0.3, 0.4) is 0 Å². The molecule has 1 atom stereocenters. The molecule has 146 valence electrons. The Morgan fingerprint density at radius 2 is 2.07 bits per heavy atom. The summed E-state index contributed by atoms with van der Waals surface area (Å²) in [5.41, 5.74) is -0.962. The highest BCUT2D eigenvalue weighted by molar-refractivity contribution is 6.53. The number of nitrogens with zero attached hydrogens (tertiary/aromatic N) is 2. The quantitative estimate of drug-likeness (QED) is 0.268. The average molecular weight is 415 g/mol. The number of nitro groups is 1. The molecule has 7 nitrogen and oxygen atoms in total. The predicted octanol–water partition coefficient (Wildman–Crippen LogP) is 3.20. The van der Waals surface area contributed by atoms with Gasteiger partial charge in [-0.05, 0) is 17.7 Å². The molecule has 2 rings (SSSR count). The number of methoxy groups -OCH3 is 1. The summed E-state index contributed by atoms with van der Waals surface area (Å²) in [4.78, 5) is 23.5. The molecule has 1 unspecified atom stereocenters. The molecule has 1 aliphatic rings. The number of ether oxygens (including phenoxy) is 2. The number of carbonyl (C=O) groups is 1. The van der Waals surface area contributed by atoms with Gasteiger partial charge in [-0.1, -0.05) is 53.6 Å². The largest absolute Gasteiger partial charge is 0.424 e. The molecule has 0 saturated heterocycles. The molecule has 0 saturated carbocycles. The Hall–Kier alpha value is -2.09. The number of amides is 1. The molecular weight excluding hydrogens is 395 g/mol. The molecule has 0 fully saturated rings. The Kier molecular flexibility index (Phi) is 7.65. The van der Waals surface area contributed by atoms with Gasteiger partial charge in [-0.25, -0.2) is 0 Å². The van der Waals surface area contributed by atoms with Crippen molar-refractivity contribution in [2.75, 3.05) is 26.8 Å². The van der Waals surface area contributed by atoms with Crippen LogP contribution in [0.25, 0.3) is 0 Å². The topological polar surface area (TPSA) is 81.9 Å². The van der Waals surface area contributed by atoms with Crippen LogP contribution in [0.1, 0.15) is 6.42 Å². The lowest BCUT2D eigenvalue weighted by molar-refractivity contribution is -0.598. The molecule has 0 heterocycles. The van der Waals surface area contributed by atoms with Crippen molar-refractivity contribution in [2.45, 2.75) is 17.0 Å².